The molecular weight excluding hydrogens is 454 g/mol. The van der Waals surface area contributed by atoms with E-state index in [1.807, 2.05) is 0 Å². The van der Waals surface area contributed by atoms with Crippen molar-refractivity contribution in [2.75, 3.05) is 19.4 Å². The highest BCUT2D eigenvalue weighted by atomic mass is 32.2. The molecule has 0 fully saturated rings. The standard InChI is InChI=1S/C21H23N3O6S2/c1-15-6-9-17(13-20(15)32(28,29)24(2)3)23-21(25)16-7-10-19(11-8-16)31(26,27)22-14-18-5-4-12-30-18/h4-13,22H,14H2,1-3H3,(H,23,25). The van der Waals surface area contributed by atoms with E-state index in [2.05, 4.69) is 10.0 Å². The van der Waals surface area contributed by atoms with Crippen LogP contribution in [0.4, 0.5) is 5.69 Å². The average Bonchev–Trinajstić information content (AvgIpc) is 3.27. The number of hydrogen-bond donors (Lipinski definition) is 2. The minimum atomic E-state index is -3.79. The molecule has 3 rings (SSSR count). The van der Waals surface area contributed by atoms with Gasteiger partial charge >= 0.3 is 0 Å². The van der Waals surface area contributed by atoms with E-state index >= 15 is 0 Å². The normalized spacial score (nSPS) is 12.1. The van der Waals surface area contributed by atoms with Gasteiger partial charge < -0.3 is 9.73 Å². The topological polar surface area (TPSA) is 126 Å². The number of anilines is 1. The predicted octanol–water partition coefficient (Wildman–Crippen LogP) is 2.57. The molecular formula is C21H23N3O6S2. The number of carbonyl (C=O) groups excluding carboxylic acids is 1. The Bertz CT molecular complexity index is 1310. The average molecular weight is 478 g/mol. The second kappa shape index (κ2) is 9.25. The number of carbonyl (C=O) groups is 1. The molecule has 1 aromatic heterocycles. The van der Waals surface area contributed by atoms with Crippen molar-refractivity contribution in [2.45, 2.75) is 23.3 Å². The molecule has 0 aliphatic rings. The molecule has 0 saturated carbocycles. The van der Waals surface area contributed by atoms with Gasteiger partial charge in [0.05, 0.1) is 22.6 Å². The number of nitrogens with zero attached hydrogens (tertiary/aromatic N) is 1. The Hall–Kier alpha value is -2.99. The first kappa shape index (κ1) is 23.7. The van der Waals surface area contributed by atoms with Crippen LogP contribution in [0.2, 0.25) is 0 Å². The van der Waals surface area contributed by atoms with Gasteiger partial charge in [-0.2, -0.15) is 0 Å². The number of sulfonamides is 2. The third kappa shape index (κ3) is 5.25. The summed E-state index contributed by atoms with van der Waals surface area (Å²) in [5.41, 5.74) is 1.07. The molecule has 32 heavy (non-hydrogen) atoms. The first-order valence-electron chi connectivity index (χ1n) is 9.47. The van der Waals surface area contributed by atoms with Crippen LogP contribution >= 0.6 is 0 Å². The molecule has 0 radical (unpaired) electrons. The van der Waals surface area contributed by atoms with Crippen molar-refractivity contribution in [3.05, 3.63) is 77.7 Å². The maximum atomic E-state index is 12.6. The molecule has 0 spiro atoms. The van der Waals surface area contributed by atoms with Crippen LogP contribution in [-0.2, 0) is 26.6 Å². The first-order chi connectivity index (χ1) is 15.0. The minimum Gasteiger partial charge on any atom is -0.468 e. The Morgan fingerprint density at radius 2 is 1.69 bits per heavy atom. The molecule has 9 nitrogen and oxygen atoms in total. The molecule has 1 amide bonds. The number of hydrogen-bond acceptors (Lipinski definition) is 6. The zero-order chi connectivity index (χ0) is 23.5. The summed E-state index contributed by atoms with van der Waals surface area (Å²) < 4.78 is 58.4. The van der Waals surface area contributed by atoms with Gasteiger partial charge in [0, 0.05) is 25.3 Å². The molecule has 0 bridgehead atoms. The lowest BCUT2D eigenvalue weighted by molar-refractivity contribution is 0.102. The molecule has 0 aliphatic heterocycles. The smallest absolute Gasteiger partial charge is 0.255 e. The highest BCUT2D eigenvalue weighted by Crippen LogP contribution is 2.23. The summed E-state index contributed by atoms with van der Waals surface area (Å²) in [4.78, 5) is 12.7. The van der Waals surface area contributed by atoms with Crippen molar-refractivity contribution in [3.63, 3.8) is 0 Å². The Labute approximate surface area is 187 Å². The highest BCUT2D eigenvalue weighted by molar-refractivity contribution is 7.89. The third-order valence-electron chi connectivity index (χ3n) is 4.65. The zero-order valence-electron chi connectivity index (χ0n) is 17.7. The van der Waals surface area contributed by atoms with Crippen LogP contribution in [-0.4, -0.2) is 41.1 Å². The van der Waals surface area contributed by atoms with E-state index in [4.69, 9.17) is 4.42 Å². The quantitative estimate of drug-likeness (QED) is 0.514. The van der Waals surface area contributed by atoms with E-state index in [1.165, 1.54) is 50.7 Å². The van der Waals surface area contributed by atoms with Crippen LogP contribution in [0.25, 0.3) is 0 Å². The van der Waals surface area contributed by atoms with Gasteiger partial charge in [0.2, 0.25) is 20.0 Å². The van der Waals surface area contributed by atoms with E-state index in [9.17, 15) is 21.6 Å². The number of furan rings is 1. The van der Waals surface area contributed by atoms with Crippen molar-refractivity contribution in [3.8, 4) is 0 Å². The van der Waals surface area contributed by atoms with Crippen molar-refractivity contribution in [1.29, 1.82) is 0 Å². The second-order valence-corrected chi connectivity index (χ2v) is 11.0. The van der Waals surface area contributed by atoms with Gasteiger partial charge in [-0.05, 0) is 61.0 Å². The van der Waals surface area contributed by atoms with Crippen LogP contribution in [0.5, 0.6) is 0 Å². The fourth-order valence-electron chi connectivity index (χ4n) is 2.80. The van der Waals surface area contributed by atoms with Crippen molar-refractivity contribution >= 4 is 31.6 Å². The molecule has 0 unspecified atom stereocenters. The van der Waals surface area contributed by atoms with Crippen molar-refractivity contribution in [1.82, 2.24) is 9.03 Å². The fourth-order valence-corrected chi connectivity index (χ4v) is 4.94. The minimum absolute atomic E-state index is 0.00316. The summed E-state index contributed by atoms with van der Waals surface area (Å²) in [6.45, 7) is 1.67. The van der Waals surface area contributed by atoms with Gasteiger partial charge in [0.1, 0.15) is 5.76 Å². The molecule has 2 aromatic carbocycles. The number of amides is 1. The molecule has 0 saturated heterocycles. The molecule has 2 N–H and O–H groups in total. The van der Waals surface area contributed by atoms with Crippen LogP contribution < -0.4 is 10.0 Å². The predicted molar refractivity (Wildman–Crippen MR) is 119 cm³/mol. The zero-order valence-corrected chi connectivity index (χ0v) is 19.3. The van der Waals surface area contributed by atoms with Gasteiger partial charge in [0.25, 0.3) is 5.91 Å². The van der Waals surface area contributed by atoms with Crippen LogP contribution in [0.1, 0.15) is 21.7 Å². The Morgan fingerprint density at radius 1 is 1.00 bits per heavy atom. The summed E-state index contributed by atoms with van der Waals surface area (Å²) in [5.74, 6) is -0.0344. The molecule has 11 heteroatoms. The number of rotatable bonds is 8. The largest absolute Gasteiger partial charge is 0.468 e. The SMILES string of the molecule is Cc1ccc(NC(=O)c2ccc(S(=O)(=O)NCc3ccco3)cc2)cc1S(=O)(=O)N(C)C. The van der Waals surface area contributed by atoms with Gasteiger partial charge in [-0.3, -0.25) is 4.79 Å². The lowest BCUT2D eigenvalue weighted by Gasteiger charge is -2.15. The lowest BCUT2D eigenvalue weighted by Crippen LogP contribution is -2.23. The third-order valence-corrected chi connectivity index (χ3v) is 8.02. The van der Waals surface area contributed by atoms with Crippen LogP contribution in [0.3, 0.4) is 0 Å². The van der Waals surface area contributed by atoms with E-state index in [0.717, 1.165) is 4.31 Å². The van der Waals surface area contributed by atoms with Gasteiger partial charge in [-0.15, -0.1) is 0 Å². The molecule has 0 atom stereocenters. The Morgan fingerprint density at radius 3 is 2.28 bits per heavy atom. The highest BCUT2D eigenvalue weighted by Gasteiger charge is 2.21. The van der Waals surface area contributed by atoms with E-state index in [1.54, 1.807) is 31.2 Å². The molecule has 170 valence electrons. The van der Waals surface area contributed by atoms with Crippen molar-refractivity contribution in [2.24, 2.45) is 0 Å². The van der Waals surface area contributed by atoms with E-state index < -0.39 is 26.0 Å². The maximum absolute atomic E-state index is 12.6. The number of aryl methyl sites for hydroxylation is 1. The molecule has 0 aliphatic carbocycles. The second-order valence-electron chi connectivity index (χ2n) is 7.15. The summed E-state index contributed by atoms with van der Waals surface area (Å²) in [6.07, 6.45) is 1.45. The van der Waals surface area contributed by atoms with Crippen LogP contribution in [0, 0.1) is 6.92 Å². The summed E-state index contributed by atoms with van der Waals surface area (Å²) in [7, 11) is -4.60. The Balaban J connectivity index is 1.74. The summed E-state index contributed by atoms with van der Waals surface area (Å²) in [5, 5.41) is 2.64. The maximum Gasteiger partial charge on any atom is 0.255 e. The number of benzene rings is 2. The van der Waals surface area contributed by atoms with Crippen molar-refractivity contribution < 1.29 is 26.0 Å². The van der Waals surface area contributed by atoms with E-state index in [0.29, 0.717) is 17.0 Å². The number of nitrogens with one attached hydrogen (secondary N) is 2. The molecule has 3 aromatic rings. The van der Waals surface area contributed by atoms with Gasteiger partial charge in [-0.1, -0.05) is 6.07 Å². The van der Waals surface area contributed by atoms with Gasteiger partial charge in [0.15, 0.2) is 0 Å². The van der Waals surface area contributed by atoms with Crippen LogP contribution in [0.15, 0.2) is 75.1 Å². The molecule has 1 heterocycles. The lowest BCUT2D eigenvalue weighted by atomic mass is 10.2. The van der Waals surface area contributed by atoms with Gasteiger partial charge in [-0.25, -0.2) is 25.9 Å². The Kier molecular flexibility index (Phi) is 6.84. The summed E-state index contributed by atoms with van der Waals surface area (Å²) >= 11 is 0. The first-order valence-corrected chi connectivity index (χ1v) is 12.4. The fraction of sp³-hybridized carbons (Fsp3) is 0.190. The van der Waals surface area contributed by atoms with E-state index in [-0.39, 0.29) is 21.9 Å². The summed E-state index contributed by atoms with van der Waals surface area (Å²) in [6, 6.07) is 13.3. The monoisotopic (exact) mass is 477 g/mol.